The van der Waals surface area contributed by atoms with Gasteiger partial charge in [0, 0.05) is 7.05 Å². The van der Waals surface area contributed by atoms with E-state index in [-0.39, 0.29) is 5.91 Å². The van der Waals surface area contributed by atoms with Gasteiger partial charge in [0.15, 0.2) is 0 Å². The SMILES string of the molecule is Cc1cccc2c1C(=O)N(C)Cc1c(-c3noc(CN(C)C)n3)ncn1-2. The first kappa shape index (κ1) is 16.5. The predicted octanol–water partition coefficient (Wildman–Crippen LogP) is 1.88. The normalized spacial score (nSPS) is 13.7. The molecule has 0 saturated heterocycles. The van der Waals surface area contributed by atoms with Crippen LogP contribution in [0.3, 0.4) is 0 Å². The van der Waals surface area contributed by atoms with Gasteiger partial charge < -0.3 is 14.3 Å². The van der Waals surface area contributed by atoms with Crippen molar-refractivity contribution >= 4 is 5.91 Å². The van der Waals surface area contributed by atoms with Crippen molar-refractivity contribution in [2.45, 2.75) is 20.0 Å². The van der Waals surface area contributed by atoms with Crippen molar-refractivity contribution in [1.82, 2.24) is 29.5 Å². The number of benzene rings is 1. The van der Waals surface area contributed by atoms with E-state index in [1.165, 1.54) is 0 Å². The number of hydrogen-bond donors (Lipinski definition) is 0. The van der Waals surface area contributed by atoms with Crippen molar-refractivity contribution < 1.29 is 9.32 Å². The highest BCUT2D eigenvalue weighted by Gasteiger charge is 2.29. The summed E-state index contributed by atoms with van der Waals surface area (Å²) < 4.78 is 7.27. The Hall–Kier alpha value is -3.00. The molecule has 0 bridgehead atoms. The Morgan fingerprint density at radius 3 is 2.88 bits per heavy atom. The van der Waals surface area contributed by atoms with Gasteiger partial charge >= 0.3 is 0 Å². The molecular formula is C18H20N6O2. The van der Waals surface area contributed by atoms with Crippen LogP contribution < -0.4 is 0 Å². The number of amides is 1. The number of imidazole rings is 1. The van der Waals surface area contributed by atoms with Gasteiger partial charge in [-0.25, -0.2) is 4.98 Å². The molecule has 0 aliphatic carbocycles. The van der Waals surface area contributed by atoms with Gasteiger partial charge in [0.1, 0.15) is 12.0 Å². The zero-order chi connectivity index (χ0) is 18.4. The number of carbonyl (C=O) groups is 1. The lowest BCUT2D eigenvalue weighted by Crippen LogP contribution is -2.25. The van der Waals surface area contributed by atoms with E-state index < -0.39 is 0 Å². The third kappa shape index (κ3) is 2.59. The van der Waals surface area contributed by atoms with Crippen LogP contribution in [0.2, 0.25) is 0 Å². The largest absolute Gasteiger partial charge is 0.337 e. The highest BCUT2D eigenvalue weighted by molar-refractivity contribution is 5.99. The topological polar surface area (TPSA) is 80.3 Å². The minimum atomic E-state index is -0.00541. The zero-order valence-electron chi connectivity index (χ0n) is 15.2. The highest BCUT2D eigenvalue weighted by atomic mass is 16.5. The molecule has 26 heavy (non-hydrogen) atoms. The van der Waals surface area contributed by atoms with E-state index in [4.69, 9.17) is 4.52 Å². The van der Waals surface area contributed by atoms with E-state index in [0.717, 1.165) is 16.9 Å². The van der Waals surface area contributed by atoms with Crippen LogP contribution in [0.25, 0.3) is 17.2 Å². The second-order valence-electron chi connectivity index (χ2n) is 6.79. The summed E-state index contributed by atoms with van der Waals surface area (Å²) in [6.07, 6.45) is 1.72. The van der Waals surface area contributed by atoms with E-state index in [1.807, 2.05) is 48.7 Å². The van der Waals surface area contributed by atoms with Crippen LogP contribution in [0.15, 0.2) is 29.0 Å². The second-order valence-corrected chi connectivity index (χ2v) is 6.79. The first-order chi connectivity index (χ1) is 12.5. The quantitative estimate of drug-likeness (QED) is 0.716. The molecule has 1 aliphatic heterocycles. The summed E-state index contributed by atoms with van der Waals surface area (Å²) in [5.74, 6) is 0.961. The average molecular weight is 352 g/mol. The van der Waals surface area contributed by atoms with E-state index in [0.29, 0.717) is 36.1 Å². The minimum Gasteiger partial charge on any atom is -0.337 e. The minimum absolute atomic E-state index is 0.00541. The van der Waals surface area contributed by atoms with E-state index in [9.17, 15) is 4.79 Å². The molecule has 1 aromatic carbocycles. The molecule has 134 valence electrons. The molecule has 0 atom stereocenters. The summed E-state index contributed by atoms with van der Waals surface area (Å²) in [6.45, 7) is 2.92. The zero-order valence-corrected chi connectivity index (χ0v) is 15.2. The first-order valence-corrected chi connectivity index (χ1v) is 8.35. The van der Waals surface area contributed by atoms with Gasteiger partial charge in [-0.1, -0.05) is 17.3 Å². The molecule has 0 unspecified atom stereocenters. The average Bonchev–Trinajstić information content (AvgIpc) is 3.17. The van der Waals surface area contributed by atoms with Crippen molar-refractivity contribution in [1.29, 1.82) is 0 Å². The highest BCUT2D eigenvalue weighted by Crippen LogP contribution is 2.30. The number of aryl methyl sites for hydroxylation is 1. The standard InChI is InChI=1S/C18H20N6O2/c1-11-6-5-7-12-15(11)18(25)23(4)8-13-16(19-10-24(12)13)17-20-14(26-21-17)9-22(2)3/h5-7,10H,8-9H2,1-4H3. The monoisotopic (exact) mass is 352 g/mol. The third-order valence-corrected chi connectivity index (χ3v) is 4.46. The Bertz CT molecular complexity index is 987. The van der Waals surface area contributed by atoms with Crippen LogP contribution in [0.5, 0.6) is 0 Å². The van der Waals surface area contributed by atoms with Crippen molar-refractivity contribution in [2.75, 3.05) is 21.1 Å². The van der Waals surface area contributed by atoms with Gasteiger partial charge in [0.25, 0.3) is 5.91 Å². The van der Waals surface area contributed by atoms with Gasteiger partial charge in [0.2, 0.25) is 11.7 Å². The molecule has 8 nitrogen and oxygen atoms in total. The van der Waals surface area contributed by atoms with Crippen LogP contribution in [-0.4, -0.2) is 56.5 Å². The molecule has 4 rings (SSSR count). The molecule has 2 aromatic heterocycles. The molecule has 3 heterocycles. The van der Waals surface area contributed by atoms with Gasteiger partial charge in [0.05, 0.1) is 30.0 Å². The summed E-state index contributed by atoms with van der Waals surface area (Å²) in [6, 6.07) is 5.82. The lowest BCUT2D eigenvalue weighted by Gasteiger charge is -2.15. The molecule has 0 N–H and O–H groups in total. The van der Waals surface area contributed by atoms with Crippen molar-refractivity contribution in [3.63, 3.8) is 0 Å². The molecule has 0 saturated carbocycles. The summed E-state index contributed by atoms with van der Waals surface area (Å²) >= 11 is 0. The number of hydrogen-bond acceptors (Lipinski definition) is 6. The maximum absolute atomic E-state index is 12.8. The van der Waals surface area contributed by atoms with Gasteiger partial charge in [-0.3, -0.25) is 9.36 Å². The molecule has 0 radical (unpaired) electrons. The molecule has 3 aromatic rings. The molecule has 0 fully saturated rings. The van der Waals surface area contributed by atoms with Gasteiger partial charge in [-0.2, -0.15) is 4.98 Å². The fourth-order valence-corrected chi connectivity index (χ4v) is 3.22. The molecule has 1 aliphatic rings. The van der Waals surface area contributed by atoms with Gasteiger partial charge in [-0.05, 0) is 32.6 Å². The van der Waals surface area contributed by atoms with E-state index in [2.05, 4.69) is 15.1 Å². The van der Waals surface area contributed by atoms with E-state index >= 15 is 0 Å². The lowest BCUT2D eigenvalue weighted by atomic mass is 10.1. The number of nitrogens with zero attached hydrogens (tertiary/aromatic N) is 6. The van der Waals surface area contributed by atoms with Crippen molar-refractivity contribution in [3.8, 4) is 17.2 Å². The Labute approximate surface area is 151 Å². The molecule has 0 spiro atoms. The molecule has 1 amide bonds. The fourth-order valence-electron chi connectivity index (χ4n) is 3.22. The second kappa shape index (κ2) is 6.06. The number of fused-ring (bicyclic) bond motifs is 3. The summed E-state index contributed by atoms with van der Waals surface area (Å²) in [4.78, 5) is 25.4. The third-order valence-electron chi connectivity index (χ3n) is 4.46. The maximum atomic E-state index is 12.8. The molecular weight excluding hydrogens is 332 g/mol. The Kier molecular flexibility index (Phi) is 3.84. The Morgan fingerprint density at radius 2 is 2.12 bits per heavy atom. The Morgan fingerprint density at radius 1 is 1.31 bits per heavy atom. The first-order valence-electron chi connectivity index (χ1n) is 8.35. The van der Waals surface area contributed by atoms with Crippen LogP contribution >= 0.6 is 0 Å². The van der Waals surface area contributed by atoms with Gasteiger partial charge in [-0.15, -0.1) is 0 Å². The van der Waals surface area contributed by atoms with Crippen LogP contribution in [-0.2, 0) is 13.1 Å². The van der Waals surface area contributed by atoms with Crippen LogP contribution in [0.4, 0.5) is 0 Å². The van der Waals surface area contributed by atoms with E-state index in [1.54, 1.807) is 18.3 Å². The summed E-state index contributed by atoms with van der Waals surface area (Å²) in [5.41, 5.74) is 3.95. The fraction of sp³-hybridized carbons (Fsp3) is 0.333. The van der Waals surface area contributed by atoms with Crippen LogP contribution in [0.1, 0.15) is 27.5 Å². The van der Waals surface area contributed by atoms with Crippen molar-refractivity contribution in [2.24, 2.45) is 0 Å². The maximum Gasteiger partial charge on any atom is 0.256 e. The Balaban J connectivity index is 1.85. The lowest BCUT2D eigenvalue weighted by molar-refractivity contribution is 0.0787. The summed E-state index contributed by atoms with van der Waals surface area (Å²) in [5, 5.41) is 4.08. The summed E-state index contributed by atoms with van der Waals surface area (Å²) in [7, 11) is 5.66. The van der Waals surface area contributed by atoms with Crippen LogP contribution in [0, 0.1) is 6.92 Å². The number of aromatic nitrogens is 4. The number of carbonyl (C=O) groups excluding carboxylic acids is 1. The number of rotatable bonds is 3. The predicted molar refractivity (Wildman–Crippen MR) is 94.8 cm³/mol. The van der Waals surface area contributed by atoms with Crippen molar-refractivity contribution in [3.05, 3.63) is 47.2 Å². The smallest absolute Gasteiger partial charge is 0.256 e. The molecule has 8 heteroatoms.